The molecule has 1 atom stereocenters. The Labute approximate surface area is 89.1 Å². The average molecular weight is 205 g/mol. The molecule has 4 nitrogen and oxygen atoms in total. The van der Waals surface area contributed by atoms with E-state index < -0.39 is 0 Å². The minimum Gasteiger partial charge on any atom is -0.501 e. The van der Waals surface area contributed by atoms with E-state index in [4.69, 9.17) is 10.6 Å². The summed E-state index contributed by atoms with van der Waals surface area (Å²) in [6.45, 7) is 0.795. The van der Waals surface area contributed by atoms with E-state index in [2.05, 4.69) is 10.4 Å². The van der Waals surface area contributed by atoms with Gasteiger partial charge in [-0.2, -0.15) is 0 Å². The molecule has 0 saturated carbocycles. The van der Waals surface area contributed by atoms with Gasteiger partial charge in [-0.3, -0.25) is 10.8 Å². The number of nitrogens with zero attached hydrogens (tertiary/aromatic N) is 1. The summed E-state index contributed by atoms with van der Waals surface area (Å²) in [5.41, 5.74) is 4.86. The van der Waals surface area contributed by atoms with Crippen LogP contribution < -0.4 is 11.3 Å². The van der Waals surface area contributed by atoms with E-state index in [0.29, 0.717) is 0 Å². The first kappa shape index (κ1) is 10.1. The number of pyridine rings is 1. The van der Waals surface area contributed by atoms with Gasteiger partial charge in [-0.1, -0.05) is 6.07 Å². The Bertz CT molecular complexity index is 337. The van der Waals surface area contributed by atoms with Crippen molar-refractivity contribution in [2.45, 2.75) is 18.9 Å². The zero-order valence-electron chi connectivity index (χ0n) is 8.52. The van der Waals surface area contributed by atoms with E-state index in [9.17, 15) is 0 Å². The van der Waals surface area contributed by atoms with Gasteiger partial charge in [-0.15, -0.1) is 0 Å². The van der Waals surface area contributed by atoms with E-state index >= 15 is 0 Å². The van der Waals surface area contributed by atoms with Crippen LogP contribution in [0.15, 0.2) is 36.2 Å². The summed E-state index contributed by atoms with van der Waals surface area (Å²) in [6.07, 6.45) is 5.61. The maximum Gasteiger partial charge on any atom is 0.0876 e. The second-order valence-electron chi connectivity index (χ2n) is 3.52. The molecule has 0 aromatic carbocycles. The summed E-state index contributed by atoms with van der Waals surface area (Å²) in [6, 6.07) is 5.77. The van der Waals surface area contributed by atoms with Crippen LogP contribution in [0.1, 0.15) is 24.6 Å². The van der Waals surface area contributed by atoms with E-state index in [0.717, 1.165) is 30.7 Å². The van der Waals surface area contributed by atoms with Crippen molar-refractivity contribution in [3.8, 4) is 0 Å². The summed E-state index contributed by atoms with van der Waals surface area (Å²) >= 11 is 0. The maximum atomic E-state index is 5.55. The van der Waals surface area contributed by atoms with Crippen molar-refractivity contribution in [3.05, 3.63) is 41.9 Å². The van der Waals surface area contributed by atoms with E-state index in [1.165, 1.54) is 0 Å². The van der Waals surface area contributed by atoms with Crippen molar-refractivity contribution in [1.29, 1.82) is 0 Å². The number of nitrogens with two attached hydrogens (primary N) is 1. The molecule has 15 heavy (non-hydrogen) atoms. The van der Waals surface area contributed by atoms with Gasteiger partial charge in [0.25, 0.3) is 0 Å². The van der Waals surface area contributed by atoms with Crippen LogP contribution in [0.4, 0.5) is 0 Å². The molecule has 2 rings (SSSR count). The monoisotopic (exact) mass is 205 g/mol. The third-order valence-electron chi connectivity index (χ3n) is 2.48. The predicted molar refractivity (Wildman–Crippen MR) is 57.6 cm³/mol. The van der Waals surface area contributed by atoms with Crippen molar-refractivity contribution in [2.24, 2.45) is 5.84 Å². The van der Waals surface area contributed by atoms with Gasteiger partial charge >= 0.3 is 0 Å². The minimum atomic E-state index is -0.0356. The Hall–Kier alpha value is -1.39. The van der Waals surface area contributed by atoms with Crippen LogP contribution in [0.3, 0.4) is 0 Å². The van der Waals surface area contributed by atoms with Gasteiger partial charge in [-0.25, -0.2) is 5.43 Å². The van der Waals surface area contributed by atoms with Crippen LogP contribution in [0.5, 0.6) is 0 Å². The van der Waals surface area contributed by atoms with Crippen LogP contribution in [-0.4, -0.2) is 11.6 Å². The first-order chi connectivity index (χ1) is 7.42. The SMILES string of the molecule is NNC(C1=COCCC1)c1ccccn1. The van der Waals surface area contributed by atoms with Gasteiger partial charge < -0.3 is 4.74 Å². The van der Waals surface area contributed by atoms with Crippen molar-refractivity contribution in [2.75, 3.05) is 6.61 Å². The molecule has 3 N–H and O–H groups in total. The maximum absolute atomic E-state index is 5.55. The lowest BCUT2D eigenvalue weighted by molar-refractivity contribution is 0.219. The molecule has 0 amide bonds. The van der Waals surface area contributed by atoms with Gasteiger partial charge in [0.2, 0.25) is 0 Å². The van der Waals surface area contributed by atoms with Gasteiger partial charge in [0.1, 0.15) is 0 Å². The average Bonchev–Trinajstić information content (AvgIpc) is 2.33. The number of hydrogen-bond acceptors (Lipinski definition) is 4. The third kappa shape index (κ3) is 2.34. The number of rotatable bonds is 3. The van der Waals surface area contributed by atoms with E-state index in [1.807, 2.05) is 18.2 Å². The van der Waals surface area contributed by atoms with Crippen LogP contribution in [0, 0.1) is 0 Å². The highest BCUT2D eigenvalue weighted by molar-refractivity contribution is 5.21. The zero-order valence-corrected chi connectivity index (χ0v) is 8.52. The molecule has 4 heteroatoms. The molecular weight excluding hydrogens is 190 g/mol. The quantitative estimate of drug-likeness (QED) is 0.576. The number of ether oxygens (including phenoxy) is 1. The summed E-state index contributed by atoms with van der Waals surface area (Å²) in [5.74, 6) is 5.55. The smallest absolute Gasteiger partial charge is 0.0876 e. The molecule has 1 aromatic rings. The molecule has 2 heterocycles. The third-order valence-corrected chi connectivity index (χ3v) is 2.48. The highest BCUT2D eigenvalue weighted by atomic mass is 16.5. The van der Waals surface area contributed by atoms with Crippen molar-refractivity contribution >= 4 is 0 Å². The van der Waals surface area contributed by atoms with Gasteiger partial charge in [0, 0.05) is 6.20 Å². The fourth-order valence-electron chi connectivity index (χ4n) is 1.73. The molecule has 1 aromatic heterocycles. The zero-order chi connectivity index (χ0) is 10.5. The standard InChI is InChI=1S/C11H15N3O/c12-14-11(9-4-3-7-15-8-9)10-5-1-2-6-13-10/h1-2,5-6,8,11,14H,3-4,7,12H2. The first-order valence-electron chi connectivity index (χ1n) is 5.09. The Morgan fingerprint density at radius 1 is 1.47 bits per heavy atom. The predicted octanol–water partition coefficient (Wildman–Crippen LogP) is 1.28. The minimum absolute atomic E-state index is 0.0356. The van der Waals surface area contributed by atoms with Crippen LogP contribution in [0.25, 0.3) is 0 Å². The Kier molecular flexibility index (Phi) is 3.32. The largest absolute Gasteiger partial charge is 0.501 e. The highest BCUT2D eigenvalue weighted by Crippen LogP contribution is 2.25. The lowest BCUT2D eigenvalue weighted by Gasteiger charge is -2.21. The van der Waals surface area contributed by atoms with E-state index in [-0.39, 0.29) is 6.04 Å². The van der Waals surface area contributed by atoms with Crippen molar-refractivity contribution < 1.29 is 4.74 Å². The summed E-state index contributed by atoms with van der Waals surface area (Å²) in [5, 5.41) is 0. The molecule has 80 valence electrons. The fraction of sp³-hybridized carbons (Fsp3) is 0.364. The molecule has 0 spiro atoms. The molecule has 1 aliphatic heterocycles. The lowest BCUT2D eigenvalue weighted by atomic mass is 9.99. The van der Waals surface area contributed by atoms with Gasteiger partial charge in [0.15, 0.2) is 0 Å². The topological polar surface area (TPSA) is 60.2 Å². The Morgan fingerprint density at radius 2 is 2.40 bits per heavy atom. The van der Waals surface area contributed by atoms with Crippen LogP contribution in [-0.2, 0) is 4.74 Å². The highest BCUT2D eigenvalue weighted by Gasteiger charge is 2.18. The molecular formula is C11H15N3O. The van der Waals surface area contributed by atoms with Crippen molar-refractivity contribution in [3.63, 3.8) is 0 Å². The number of hydrazine groups is 1. The second kappa shape index (κ2) is 4.91. The molecule has 0 radical (unpaired) electrons. The summed E-state index contributed by atoms with van der Waals surface area (Å²) in [7, 11) is 0. The fourth-order valence-corrected chi connectivity index (χ4v) is 1.73. The lowest BCUT2D eigenvalue weighted by Crippen LogP contribution is -2.31. The van der Waals surface area contributed by atoms with Gasteiger partial charge in [0.05, 0.1) is 24.6 Å². The molecule has 0 bridgehead atoms. The number of nitrogens with one attached hydrogen (secondary N) is 1. The molecule has 0 fully saturated rings. The van der Waals surface area contributed by atoms with E-state index in [1.54, 1.807) is 12.5 Å². The van der Waals surface area contributed by atoms with Gasteiger partial charge in [-0.05, 0) is 30.5 Å². The Balaban J connectivity index is 2.20. The second-order valence-corrected chi connectivity index (χ2v) is 3.52. The summed E-state index contributed by atoms with van der Waals surface area (Å²) < 4.78 is 5.30. The number of hydrogen-bond donors (Lipinski definition) is 2. The normalized spacial score (nSPS) is 17.8. The summed E-state index contributed by atoms with van der Waals surface area (Å²) in [4.78, 5) is 4.29. The van der Waals surface area contributed by atoms with Crippen LogP contribution in [0.2, 0.25) is 0 Å². The van der Waals surface area contributed by atoms with Crippen molar-refractivity contribution in [1.82, 2.24) is 10.4 Å². The molecule has 0 saturated heterocycles. The first-order valence-corrected chi connectivity index (χ1v) is 5.09. The number of aromatic nitrogens is 1. The molecule has 1 unspecified atom stereocenters. The molecule has 1 aliphatic rings. The molecule has 0 aliphatic carbocycles. The Morgan fingerprint density at radius 3 is 3.00 bits per heavy atom. The van der Waals surface area contributed by atoms with Crippen LogP contribution >= 0.6 is 0 Å².